The minimum atomic E-state index is 0. The van der Waals surface area contributed by atoms with Gasteiger partial charge in [0.2, 0.25) is 0 Å². The summed E-state index contributed by atoms with van der Waals surface area (Å²) in [5.41, 5.74) is 2.31. The van der Waals surface area contributed by atoms with Crippen molar-refractivity contribution in [3.8, 4) is 5.75 Å². The fourth-order valence-electron chi connectivity index (χ4n) is 2.29. The third-order valence-electron chi connectivity index (χ3n) is 3.61. The molecule has 0 amide bonds. The Bertz CT molecular complexity index is 587. The normalized spacial score (nSPS) is 10.3. The zero-order valence-corrected chi connectivity index (χ0v) is 15.1. The Kier molecular flexibility index (Phi) is 7.86. The minimum absolute atomic E-state index is 0. The van der Waals surface area contributed by atoms with Crippen molar-refractivity contribution in [2.45, 2.75) is 13.5 Å². The molecule has 1 heterocycles. The molecule has 0 saturated heterocycles. The zero-order chi connectivity index (χ0) is 15.9. The molecule has 0 saturated carbocycles. The Balaban J connectivity index is 0.00000264. The summed E-state index contributed by atoms with van der Waals surface area (Å²) >= 11 is 0. The third-order valence-corrected chi connectivity index (χ3v) is 3.61. The topological polar surface area (TPSA) is 29.8 Å². The van der Waals surface area contributed by atoms with E-state index < -0.39 is 0 Å². The molecule has 0 atom stereocenters. The number of hydrogen-bond acceptors (Lipinski definition) is 3. The summed E-state index contributed by atoms with van der Waals surface area (Å²) in [5, 5.41) is 0. The molecule has 2 aromatic rings. The minimum Gasteiger partial charge on any atom is -1.00 e. The smallest absolute Gasteiger partial charge is 0.129 e. The third kappa shape index (κ3) is 6.08. The van der Waals surface area contributed by atoms with E-state index in [0.29, 0.717) is 0 Å². The summed E-state index contributed by atoms with van der Waals surface area (Å²) in [6, 6.07) is 14.4. The largest absolute Gasteiger partial charge is 1.00 e. The second kappa shape index (κ2) is 9.38. The van der Waals surface area contributed by atoms with E-state index in [0.717, 1.165) is 36.9 Å². The number of benzene rings is 1. The molecule has 23 heavy (non-hydrogen) atoms. The molecule has 0 aliphatic heterocycles. The van der Waals surface area contributed by atoms with E-state index in [1.807, 2.05) is 25.1 Å². The number of nitrogens with zero attached hydrogens (tertiary/aromatic N) is 2. The van der Waals surface area contributed by atoms with Gasteiger partial charge in [-0.15, -0.1) is 0 Å². The van der Waals surface area contributed by atoms with Crippen molar-refractivity contribution in [2.24, 2.45) is 0 Å². The molecular formula is C18H26ClN3O. The quantitative estimate of drug-likeness (QED) is 0.672. The first-order chi connectivity index (χ1) is 10.6. The predicted molar refractivity (Wildman–Crippen MR) is 90.7 cm³/mol. The summed E-state index contributed by atoms with van der Waals surface area (Å²) in [5.74, 6) is 1.93. The molecule has 0 aliphatic carbocycles. The Hall–Kier alpha value is -1.78. The second-order valence-electron chi connectivity index (χ2n) is 5.86. The van der Waals surface area contributed by atoms with Gasteiger partial charge in [0.1, 0.15) is 11.6 Å². The van der Waals surface area contributed by atoms with E-state index in [1.54, 1.807) is 7.11 Å². The summed E-state index contributed by atoms with van der Waals surface area (Å²) in [6.45, 7) is 4.94. The van der Waals surface area contributed by atoms with Gasteiger partial charge in [-0.1, -0.05) is 18.2 Å². The first-order valence-electron chi connectivity index (χ1n) is 7.69. The standard InChI is InChI=1S/C18H25N3O.ClH/c1-15-6-5-7-18(19-15)21(13-12-20(2)3)14-16-8-10-17(22-4)11-9-16;/h5-11H,12-14H2,1-4H3;1H. The highest BCUT2D eigenvalue weighted by Gasteiger charge is 2.11. The van der Waals surface area contributed by atoms with E-state index in [1.165, 1.54) is 10.5 Å². The van der Waals surface area contributed by atoms with Crippen LogP contribution in [0.4, 0.5) is 5.82 Å². The van der Waals surface area contributed by atoms with E-state index in [-0.39, 0.29) is 12.4 Å². The highest BCUT2D eigenvalue weighted by atomic mass is 35.5. The number of nitrogens with one attached hydrogen (secondary N) is 1. The van der Waals surface area contributed by atoms with Crippen LogP contribution in [0.2, 0.25) is 0 Å². The number of likely N-dealkylation sites (N-methyl/N-ethyl adjacent to an activating group) is 1. The lowest BCUT2D eigenvalue weighted by molar-refractivity contribution is -0.856. The summed E-state index contributed by atoms with van der Waals surface area (Å²) < 4.78 is 5.22. The molecule has 0 aliphatic rings. The molecule has 0 spiro atoms. The van der Waals surface area contributed by atoms with Crippen molar-refractivity contribution >= 4 is 5.82 Å². The van der Waals surface area contributed by atoms with Crippen molar-refractivity contribution in [1.82, 2.24) is 4.98 Å². The highest BCUT2D eigenvalue weighted by Crippen LogP contribution is 2.17. The number of pyridine rings is 1. The van der Waals surface area contributed by atoms with Gasteiger partial charge >= 0.3 is 0 Å². The number of aromatic nitrogens is 1. The molecule has 2 rings (SSSR count). The van der Waals surface area contributed by atoms with Gasteiger partial charge < -0.3 is 26.9 Å². The summed E-state index contributed by atoms with van der Waals surface area (Å²) in [7, 11) is 6.04. The fourth-order valence-corrected chi connectivity index (χ4v) is 2.29. The van der Waals surface area contributed by atoms with E-state index >= 15 is 0 Å². The van der Waals surface area contributed by atoms with E-state index in [4.69, 9.17) is 4.74 Å². The Morgan fingerprint density at radius 1 is 1.09 bits per heavy atom. The van der Waals surface area contributed by atoms with Crippen molar-refractivity contribution in [1.29, 1.82) is 0 Å². The number of rotatable bonds is 7. The van der Waals surface area contributed by atoms with Crippen LogP contribution in [-0.4, -0.2) is 39.3 Å². The van der Waals surface area contributed by atoms with Gasteiger partial charge in [-0.25, -0.2) is 4.98 Å². The number of aryl methyl sites for hydroxylation is 1. The molecule has 0 fully saturated rings. The molecular weight excluding hydrogens is 310 g/mol. The monoisotopic (exact) mass is 335 g/mol. The van der Waals surface area contributed by atoms with E-state index in [9.17, 15) is 0 Å². The van der Waals surface area contributed by atoms with Gasteiger partial charge in [0.15, 0.2) is 0 Å². The van der Waals surface area contributed by atoms with Crippen LogP contribution < -0.4 is 26.9 Å². The lowest BCUT2D eigenvalue weighted by Gasteiger charge is -2.24. The molecule has 0 bridgehead atoms. The maximum atomic E-state index is 5.22. The van der Waals surface area contributed by atoms with E-state index in [2.05, 4.69) is 48.2 Å². The van der Waals surface area contributed by atoms with Crippen LogP contribution >= 0.6 is 0 Å². The average Bonchev–Trinajstić information content (AvgIpc) is 2.52. The van der Waals surface area contributed by atoms with Crippen LogP contribution in [0.3, 0.4) is 0 Å². The van der Waals surface area contributed by atoms with Gasteiger partial charge in [0, 0.05) is 12.2 Å². The fraction of sp³-hybridized carbons (Fsp3) is 0.389. The Morgan fingerprint density at radius 2 is 1.78 bits per heavy atom. The predicted octanol–water partition coefficient (Wildman–Crippen LogP) is -1.45. The van der Waals surface area contributed by atoms with Crippen LogP contribution in [-0.2, 0) is 6.54 Å². The SMILES string of the molecule is COc1ccc(CN(CC[NH+](C)C)c2cccc(C)n2)cc1.[Cl-]. The van der Waals surface area contributed by atoms with Crippen molar-refractivity contribution in [3.05, 3.63) is 53.7 Å². The van der Waals surface area contributed by atoms with Crippen molar-refractivity contribution in [2.75, 3.05) is 39.2 Å². The average molecular weight is 336 g/mol. The maximum Gasteiger partial charge on any atom is 0.129 e. The molecule has 4 nitrogen and oxygen atoms in total. The van der Waals surface area contributed by atoms with Gasteiger partial charge in [0.05, 0.1) is 34.3 Å². The molecule has 0 radical (unpaired) electrons. The lowest BCUT2D eigenvalue weighted by Crippen LogP contribution is -3.06. The highest BCUT2D eigenvalue weighted by molar-refractivity contribution is 5.41. The first-order valence-corrected chi connectivity index (χ1v) is 7.69. The molecule has 126 valence electrons. The molecule has 1 aromatic heterocycles. The number of ether oxygens (including phenoxy) is 1. The van der Waals surface area contributed by atoms with Crippen molar-refractivity contribution in [3.63, 3.8) is 0 Å². The van der Waals surface area contributed by atoms with Gasteiger partial charge in [-0.2, -0.15) is 0 Å². The second-order valence-corrected chi connectivity index (χ2v) is 5.86. The molecule has 1 N–H and O–H groups in total. The number of anilines is 1. The van der Waals surface area contributed by atoms with Crippen LogP contribution in [0.5, 0.6) is 5.75 Å². The maximum absolute atomic E-state index is 5.22. The zero-order valence-electron chi connectivity index (χ0n) is 14.3. The van der Waals surface area contributed by atoms with Crippen LogP contribution in [0.1, 0.15) is 11.3 Å². The molecule has 0 unspecified atom stereocenters. The van der Waals surface area contributed by atoms with Gasteiger partial charge in [0.25, 0.3) is 0 Å². The number of methoxy groups -OCH3 is 1. The summed E-state index contributed by atoms with van der Waals surface area (Å²) in [6.07, 6.45) is 0. The lowest BCUT2D eigenvalue weighted by atomic mass is 10.2. The Morgan fingerprint density at radius 3 is 2.35 bits per heavy atom. The number of halogens is 1. The van der Waals surface area contributed by atoms with Crippen molar-refractivity contribution < 1.29 is 22.0 Å². The number of hydrogen-bond donors (Lipinski definition) is 1. The number of quaternary nitrogens is 1. The molecule has 5 heteroatoms. The van der Waals surface area contributed by atoms with Gasteiger partial charge in [-0.3, -0.25) is 0 Å². The van der Waals surface area contributed by atoms with Crippen LogP contribution in [0.15, 0.2) is 42.5 Å². The van der Waals surface area contributed by atoms with Gasteiger partial charge in [-0.05, 0) is 36.8 Å². The van der Waals surface area contributed by atoms with Crippen LogP contribution in [0.25, 0.3) is 0 Å². The Labute approximate surface area is 145 Å². The van der Waals surface area contributed by atoms with Crippen LogP contribution in [0, 0.1) is 6.92 Å². The first kappa shape index (κ1) is 19.3. The summed E-state index contributed by atoms with van der Waals surface area (Å²) in [4.78, 5) is 8.45. The molecule has 1 aromatic carbocycles.